The molecule has 0 aliphatic carbocycles. The second-order valence-corrected chi connectivity index (χ2v) is 8.18. The zero-order valence-corrected chi connectivity index (χ0v) is 17.7. The van der Waals surface area contributed by atoms with Crippen molar-refractivity contribution in [2.75, 3.05) is 18.0 Å². The summed E-state index contributed by atoms with van der Waals surface area (Å²) in [5.41, 5.74) is 4.74. The number of hydrazone groups is 1. The molecule has 1 amide bonds. The molecule has 1 heterocycles. The third-order valence-corrected chi connectivity index (χ3v) is 5.45. The van der Waals surface area contributed by atoms with E-state index in [1.165, 1.54) is 19.1 Å². The van der Waals surface area contributed by atoms with Crippen LogP contribution in [0.15, 0.2) is 41.5 Å². The minimum atomic E-state index is -0.267. The molecule has 1 fully saturated rings. The third-order valence-electron chi connectivity index (χ3n) is 4.01. The summed E-state index contributed by atoms with van der Waals surface area (Å²) in [6, 6.07) is 11.3. The fourth-order valence-electron chi connectivity index (χ4n) is 2.73. The van der Waals surface area contributed by atoms with Crippen molar-refractivity contribution in [1.29, 1.82) is 0 Å². The number of anilines is 1. The van der Waals surface area contributed by atoms with Crippen LogP contribution < -0.4 is 10.3 Å². The molecular weight excluding hydrogens is 544 g/mol. The van der Waals surface area contributed by atoms with E-state index in [1.54, 1.807) is 6.07 Å². The van der Waals surface area contributed by atoms with Crippen LogP contribution in [0.1, 0.15) is 28.8 Å². The van der Waals surface area contributed by atoms with Gasteiger partial charge in [-0.15, -0.1) is 0 Å². The lowest BCUT2D eigenvalue weighted by Crippen LogP contribution is -2.20. The molecule has 1 aliphatic heterocycles. The average Bonchev–Trinajstić information content (AvgIpc) is 3.13. The first-order chi connectivity index (χ1) is 12.0. The summed E-state index contributed by atoms with van der Waals surface area (Å²) < 4.78 is 1.74. The average molecular weight is 561 g/mol. The predicted octanol–water partition coefficient (Wildman–Crippen LogP) is 3.97. The van der Waals surface area contributed by atoms with Crippen LogP contribution in [-0.2, 0) is 0 Å². The largest absolute Gasteiger partial charge is 0.506 e. The Bertz CT molecular complexity index is 818. The summed E-state index contributed by atoms with van der Waals surface area (Å²) in [6.07, 6.45) is 3.85. The van der Waals surface area contributed by atoms with Crippen molar-refractivity contribution in [3.63, 3.8) is 0 Å². The molecule has 0 radical (unpaired) electrons. The summed E-state index contributed by atoms with van der Waals surface area (Å²) >= 11 is 4.24. The number of benzene rings is 2. The number of nitrogens with zero attached hydrogens (tertiary/aromatic N) is 2. The molecular formula is C18H17I2N3O2. The van der Waals surface area contributed by atoms with E-state index in [4.69, 9.17) is 0 Å². The predicted molar refractivity (Wildman–Crippen MR) is 116 cm³/mol. The van der Waals surface area contributed by atoms with Crippen LogP contribution in [0.3, 0.4) is 0 Å². The minimum Gasteiger partial charge on any atom is -0.506 e. The van der Waals surface area contributed by atoms with Gasteiger partial charge in [0, 0.05) is 33.5 Å². The Labute approximate surface area is 173 Å². The molecule has 1 saturated heterocycles. The normalized spacial score (nSPS) is 14.2. The number of carbonyl (C=O) groups excluding carboxylic acids is 1. The van der Waals surface area contributed by atoms with Gasteiger partial charge in [-0.25, -0.2) is 5.43 Å². The van der Waals surface area contributed by atoms with Crippen LogP contribution in [0.5, 0.6) is 5.75 Å². The number of halogens is 2. The molecule has 2 N–H and O–H groups in total. The van der Waals surface area contributed by atoms with Gasteiger partial charge in [-0.2, -0.15) is 5.10 Å². The van der Waals surface area contributed by atoms with E-state index >= 15 is 0 Å². The van der Waals surface area contributed by atoms with E-state index in [0.29, 0.717) is 11.1 Å². The summed E-state index contributed by atoms with van der Waals surface area (Å²) in [6.45, 7) is 2.07. The fraction of sp³-hybridized carbons (Fsp3) is 0.222. The lowest BCUT2D eigenvalue weighted by atomic mass is 10.2. The van der Waals surface area contributed by atoms with E-state index in [1.807, 2.05) is 30.3 Å². The fourth-order valence-corrected chi connectivity index (χ4v) is 4.62. The highest BCUT2D eigenvalue weighted by atomic mass is 127. The smallest absolute Gasteiger partial charge is 0.271 e. The molecule has 0 aromatic heterocycles. The van der Waals surface area contributed by atoms with Crippen molar-refractivity contribution in [2.45, 2.75) is 12.8 Å². The highest BCUT2D eigenvalue weighted by Gasteiger charge is 2.14. The molecule has 0 bridgehead atoms. The van der Waals surface area contributed by atoms with Crippen molar-refractivity contribution >= 4 is 63.0 Å². The molecule has 0 unspecified atom stereocenters. The van der Waals surface area contributed by atoms with E-state index in [-0.39, 0.29) is 11.7 Å². The highest BCUT2D eigenvalue weighted by Crippen LogP contribution is 2.25. The molecule has 0 atom stereocenters. The molecule has 3 rings (SSSR count). The van der Waals surface area contributed by atoms with Crippen molar-refractivity contribution in [3.05, 3.63) is 54.7 Å². The molecule has 1 aliphatic rings. The van der Waals surface area contributed by atoms with Gasteiger partial charge >= 0.3 is 0 Å². The Morgan fingerprint density at radius 1 is 1.20 bits per heavy atom. The summed E-state index contributed by atoms with van der Waals surface area (Å²) in [5, 5.41) is 14.0. The van der Waals surface area contributed by atoms with Crippen LogP contribution in [0.4, 0.5) is 5.69 Å². The number of hydrogen-bond acceptors (Lipinski definition) is 4. The Morgan fingerprint density at radius 3 is 2.72 bits per heavy atom. The first-order valence-corrected chi connectivity index (χ1v) is 10.1. The second kappa shape index (κ2) is 8.35. The monoisotopic (exact) mass is 561 g/mol. The maximum absolute atomic E-state index is 12.3. The van der Waals surface area contributed by atoms with E-state index in [2.05, 4.69) is 60.6 Å². The first kappa shape index (κ1) is 18.4. The van der Waals surface area contributed by atoms with Gasteiger partial charge in [-0.3, -0.25) is 4.79 Å². The Morgan fingerprint density at radius 2 is 1.96 bits per heavy atom. The summed E-state index contributed by atoms with van der Waals surface area (Å²) in [4.78, 5) is 14.6. The SMILES string of the molecule is O=C(NN=Cc1cc(I)cc(I)c1O)c1cccc(N2CCCC2)c1. The molecule has 0 saturated carbocycles. The molecule has 0 spiro atoms. The molecule has 25 heavy (non-hydrogen) atoms. The number of nitrogens with one attached hydrogen (secondary N) is 1. The van der Waals surface area contributed by atoms with Crippen LogP contribution >= 0.6 is 45.2 Å². The number of amides is 1. The summed E-state index contributed by atoms with van der Waals surface area (Å²) in [7, 11) is 0. The van der Waals surface area contributed by atoms with Gasteiger partial charge in [-0.1, -0.05) is 6.07 Å². The number of aromatic hydroxyl groups is 1. The maximum Gasteiger partial charge on any atom is 0.271 e. The van der Waals surface area contributed by atoms with Crippen molar-refractivity contribution in [1.82, 2.24) is 5.43 Å². The van der Waals surface area contributed by atoms with Gasteiger partial charge in [0.25, 0.3) is 5.91 Å². The third kappa shape index (κ3) is 4.63. The molecule has 130 valence electrons. The number of carbonyl (C=O) groups is 1. The lowest BCUT2D eigenvalue weighted by molar-refractivity contribution is 0.0955. The topological polar surface area (TPSA) is 64.9 Å². The molecule has 2 aromatic rings. The van der Waals surface area contributed by atoms with Gasteiger partial charge in [0.15, 0.2) is 0 Å². The van der Waals surface area contributed by atoms with E-state index in [0.717, 1.165) is 25.9 Å². The van der Waals surface area contributed by atoms with Gasteiger partial charge in [-0.05, 0) is 88.4 Å². The molecule has 2 aromatic carbocycles. The van der Waals surface area contributed by atoms with E-state index in [9.17, 15) is 9.90 Å². The standard InChI is InChI=1S/C18H17I2N3O2/c19-14-8-13(17(24)16(20)10-14)11-21-22-18(25)12-4-3-5-15(9-12)23-6-1-2-7-23/h3-5,8-11,24H,1-2,6-7H2,(H,22,25). The summed E-state index contributed by atoms with van der Waals surface area (Å²) in [5.74, 6) is -0.104. The number of phenols is 1. The zero-order chi connectivity index (χ0) is 17.8. The van der Waals surface area contributed by atoms with Gasteiger partial charge < -0.3 is 10.0 Å². The van der Waals surface area contributed by atoms with Crippen LogP contribution in [0.25, 0.3) is 0 Å². The minimum absolute atomic E-state index is 0.162. The van der Waals surface area contributed by atoms with Crippen LogP contribution in [-0.4, -0.2) is 30.3 Å². The quantitative estimate of drug-likeness (QED) is 0.338. The van der Waals surface area contributed by atoms with Crippen molar-refractivity contribution in [2.24, 2.45) is 5.10 Å². The van der Waals surface area contributed by atoms with Crippen molar-refractivity contribution < 1.29 is 9.90 Å². The van der Waals surface area contributed by atoms with Gasteiger partial charge in [0.05, 0.1) is 9.78 Å². The maximum atomic E-state index is 12.3. The lowest BCUT2D eigenvalue weighted by Gasteiger charge is -2.17. The van der Waals surface area contributed by atoms with Crippen LogP contribution in [0.2, 0.25) is 0 Å². The molecule has 7 heteroatoms. The Balaban J connectivity index is 1.69. The van der Waals surface area contributed by atoms with E-state index < -0.39 is 0 Å². The first-order valence-electron chi connectivity index (χ1n) is 7.91. The number of hydrogen-bond donors (Lipinski definition) is 2. The number of phenolic OH excluding ortho intramolecular Hbond substituents is 1. The van der Waals surface area contributed by atoms with Gasteiger partial charge in [0.2, 0.25) is 0 Å². The Kier molecular flexibility index (Phi) is 6.15. The zero-order valence-electron chi connectivity index (χ0n) is 13.4. The number of rotatable bonds is 4. The second-order valence-electron chi connectivity index (χ2n) is 5.77. The highest BCUT2D eigenvalue weighted by molar-refractivity contribution is 14.1. The van der Waals surface area contributed by atoms with Crippen LogP contribution in [0, 0.1) is 7.14 Å². The van der Waals surface area contributed by atoms with Gasteiger partial charge in [0.1, 0.15) is 5.75 Å². The van der Waals surface area contributed by atoms with Crippen molar-refractivity contribution in [3.8, 4) is 5.75 Å². The Hall–Kier alpha value is -1.36. The molecule has 5 nitrogen and oxygen atoms in total.